The van der Waals surface area contributed by atoms with E-state index in [9.17, 15) is 20.1 Å². The zero-order valence-corrected chi connectivity index (χ0v) is 23.3. The predicted octanol–water partition coefficient (Wildman–Crippen LogP) is 7.05. The molecule has 37 heavy (non-hydrogen) atoms. The van der Waals surface area contributed by atoms with E-state index >= 15 is 0 Å². The second kappa shape index (κ2) is 10.2. The number of aliphatic hydroxyl groups is 2. The van der Waals surface area contributed by atoms with Crippen LogP contribution in [0.1, 0.15) is 101 Å². The van der Waals surface area contributed by atoms with Gasteiger partial charge in [0.15, 0.2) is 0 Å². The summed E-state index contributed by atoms with van der Waals surface area (Å²) in [7, 11) is 0. The summed E-state index contributed by atoms with van der Waals surface area (Å²) < 4.78 is 0. The first-order chi connectivity index (χ1) is 17.6. The predicted molar refractivity (Wildman–Crippen MR) is 148 cm³/mol. The standard InChI is InChI=1S/C33H48O4/c1-5-23-28-19-22(34)15-17-33(28,4)27-16-18-32(3)25(13-14-26(32)29(27)30(23)35)20(2)9-8-11-21-10-6-7-12-24(21)31(36)37/h6-8,10-12,20,22-23,25-30,34-35H,5,9,13-19H2,1-4H3,(H,36,37)/b11-8+/t20-,22-,23-,25-,26?,27?,28?,29?,30-,32?,33?/m1/s1. The monoisotopic (exact) mass is 508 g/mol. The number of fused-ring (bicyclic) bond motifs is 5. The number of carboxylic acid groups (broad SMARTS) is 1. The summed E-state index contributed by atoms with van der Waals surface area (Å²) in [5, 5.41) is 31.9. The summed E-state index contributed by atoms with van der Waals surface area (Å²) in [5.41, 5.74) is 1.63. The first-order valence-electron chi connectivity index (χ1n) is 15.0. The highest BCUT2D eigenvalue weighted by atomic mass is 16.4. The molecule has 4 saturated carbocycles. The molecule has 0 aromatic heterocycles. The molecule has 1 aromatic carbocycles. The third kappa shape index (κ3) is 4.40. The van der Waals surface area contributed by atoms with Gasteiger partial charge in [-0.25, -0.2) is 4.79 Å². The molecule has 4 heteroatoms. The van der Waals surface area contributed by atoms with E-state index in [-0.39, 0.29) is 23.0 Å². The maximum absolute atomic E-state index is 11.9. The van der Waals surface area contributed by atoms with Crippen molar-refractivity contribution in [2.75, 3.05) is 0 Å². The summed E-state index contributed by atoms with van der Waals surface area (Å²) in [5.74, 6) is 2.55. The van der Waals surface area contributed by atoms with Crippen LogP contribution in [0.5, 0.6) is 0 Å². The van der Waals surface area contributed by atoms with Crippen LogP contribution in [0.25, 0.3) is 6.08 Å². The number of carboxylic acids is 1. The Bertz CT molecular complexity index is 1020. The summed E-state index contributed by atoms with van der Waals surface area (Å²) in [4.78, 5) is 11.6. The highest BCUT2D eigenvalue weighted by Crippen LogP contribution is 2.69. The second-order valence-corrected chi connectivity index (χ2v) is 13.6. The lowest BCUT2D eigenvalue weighted by atomic mass is 9.41. The molecular formula is C33H48O4. The fourth-order valence-corrected chi connectivity index (χ4v) is 10.3. The number of aliphatic hydroxyl groups excluding tert-OH is 2. The third-order valence-corrected chi connectivity index (χ3v) is 12.1. The SMILES string of the molecule is CC[C@@H]1C2C[C@H](O)CCC2(C)C2CCC3(C)C(CC[C@@H]3[C@H](C)C/C=C/c3ccccc3C(=O)O)C2[C@@H]1O. The Balaban J connectivity index is 1.34. The van der Waals surface area contributed by atoms with Crippen LogP contribution in [-0.4, -0.2) is 33.5 Å². The minimum atomic E-state index is -0.879. The van der Waals surface area contributed by atoms with Crippen molar-refractivity contribution in [3.05, 3.63) is 41.5 Å². The maximum Gasteiger partial charge on any atom is 0.336 e. The van der Waals surface area contributed by atoms with Crippen LogP contribution in [0.3, 0.4) is 0 Å². The Kier molecular flexibility index (Phi) is 7.39. The van der Waals surface area contributed by atoms with E-state index in [2.05, 4.69) is 33.8 Å². The minimum Gasteiger partial charge on any atom is -0.478 e. The highest BCUT2D eigenvalue weighted by Gasteiger charge is 2.64. The smallest absolute Gasteiger partial charge is 0.336 e. The van der Waals surface area contributed by atoms with Gasteiger partial charge in [-0.1, -0.05) is 64.5 Å². The van der Waals surface area contributed by atoms with Gasteiger partial charge in [-0.15, -0.1) is 0 Å². The largest absolute Gasteiger partial charge is 0.478 e. The van der Waals surface area contributed by atoms with Crippen molar-refractivity contribution in [1.29, 1.82) is 0 Å². The zero-order chi connectivity index (χ0) is 26.5. The number of aromatic carboxylic acids is 1. The van der Waals surface area contributed by atoms with E-state index in [1.54, 1.807) is 12.1 Å². The van der Waals surface area contributed by atoms with Crippen molar-refractivity contribution in [3.8, 4) is 0 Å². The molecule has 4 aliphatic rings. The lowest BCUT2D eigenvalue weighted by Crippen LogP contribution is -2.62. The molecule has 0 saturated heterocycles. The molecule has 0 spiro atoms. The zero-order valence-electron chi connectivity index (χ0n) is 23.3. The van der Waals surface area contributed by atoms with Gasteiger partial charge in [-0.3, -0.25) is 0 Å². The van der Waals surface area contributed by atoms with Gasteiger partial charge in [-0.2, -0.15) is 0 Å². The van der Waals surface area contributed by atoms with E-state index < -0.39 is 5.97 Å². The van der Waals surface area contributed by atoms with E-state index in [0.717, 1.165) is 37.7 Å². The van der Waals surface area contributed by atoms with Crippen molar-refractivity contribution < 1.29 is 20.1 Å². The van der Waals surface area contributed by atoms with Crippen molar-refractivity contribution in [1.82, 2.24) is 0 Å². The average Bonchev–Trinajstić information content (AvgIpc) is 3.22. The van der Waals surface area contributed by atoms with Gasteiger partial charge in [0.25, 0.3) is 0 Å². The topological polar surface area (TPSA) is 77.8 Å². The molecule has 0 aliphatic heterocycles. The Hall–Kier alpha value is -1.65. The van der Waals surface area contributed by atoms with Crippen LogP contribution in [0.2, 0.25) is 0 Å². The van der Waals surface area contributed by atoms with Crippen LogP contribution < -0.4 is 0 Å². The molecule has 1 aromatic rings. The van der Waals surface area contributed by atoms with Crippen molar-refractivity contribution in [2.45, 2.75) is 97.7 Å². The fraction of sp³-hybridized carbons (Fsp3) is 0.727. The first kappa shape index (κ1) is 26.9. The second-order valence-electron chi connectivity index (χ2n) is 13.6. The molecule has 5 rings (SSSR count). The summed E-state index contributed by atoms with van der Waals surface area (Å²) in [6.45, 7) is 9.65. The minimum absolute atomic E-state index is 0.197. The number of hydrogen-bond donors (Lipinski definition) is 3. The molecule has 0 heterocycles. The molecule has 11 atom stereocenters. The van der Waals surface area contributed by atoms with Crippen molar-refractivity contribution >= 4 is 12.0 Å². The molecule has 0 radical (unpaired) electrons. The van der Waals surface area contributed by atoms with E-state index in [1.807, 2.05) is 18.2 Å². The molecule has 4 nitrogen and oxygen atoms in total. The molecule has 3 N–H and O–H groups in total. The van der Waals surface area contributed by atoms with Crippen molar-refractivity contribution in [3.63, 3.8) is 0 Å². The van der Waals surface area contributed by atoms with Gasteiger partial charge in [0.2, 0.25) is 0 Å². The average molecular weight is 509 g/mol. The molecule has 0 amide bonds. The van der Waals surface area contributed by atoms with Crippen LogP contribution in [0, 0.1) is 52.3 Å². The number of rotatable bonds is 6. The van der Waals surface area contributed by atoms with Gasteiger partial charge in [0.1, 0.15) is 0 Å². The molecule has 204 valence electrons. The highest BCUT2D eigenvalue weighted by molar-refractivity contribution is 5.92. The molecule has 4 aliphatic carbocycles. The third-order valence-electron chi connectivity index (χ3n) is 12.1. The molecule has 4 fully saturated rings. The maximum atomic E-state index is 11.9. The normalized spacial score (nSPS) is 44.2. The van der Waals surface area contributed by atoms with Crippen molar-refractivity contribution in [2.24, 2.45) is 52.3 Å². The Morgan fingerprint density at radius 2 is 1.73 bits per heavy atom. The van der Waals surface area contributed by atoms with Crippen LogP contribution in [0.4, 0.5) is 0 Å². The van der Waals surface area contributed by atoms with E-state index in [1.165, 1.54) is 25.7 Å². The Morgan fingerprint density at radius 1 is 1.03 bits per heavy atom. The van der Waals surface area contributed by atoms with Gasteiger partial charge in [-0.05, 0) is 115 Å². The Morgan fingerprint density at radius 3 is 2.46 bits per heavy atom. The van der Waals surface area contributed by atoms with Crippen LogP contribution in [0.15, 0.2) is 30.3 Å². The number of carbonyl (C=O) groups is 1. The molecule has 6 unspecified atom stereocenters. The number of benzene rings is 1. The lowest BCUT2D eigenvalue weighted by molar-refractivity contribution is -0.203. The summed E-state index contributed by atoms with van der Waals surface area (Å²) in [6.07, 6.45) is 13.5. The van der Waals surface area contributed by atoms with Gasteiger partial charge < -0.3 is 15.3 Å². The van der Waals surface area contributed by atoms with E-state index in [0.29, 0.717) is 47.0 Å². The van der Waals surface area contributed by atoms with Gasteiger partial charge >= 0.3 is 5.97 Å². The summed E-state index contributed by atoms with van der Waals surface area (Å²) in [6, 6.07) is 7.23. The Labute approximate surface area is 223 Å². The first-order valence-corrected chi connectivity index (χ1v) is 15.0. The number of allylic oxidation sites excluding steroid dienone is 1. The van der Waals surface area contributed by atoms with Crippen LogP contribution in [-0.2, 0) is 0 Å². The number of hydrogen-bond acceptors (Lipinski definition) is 3. The fourth-order valence-electron chi connectivity index (χ4n) is 10.3. The molecule has 0 bridgehead atoms. The quantitative estimate of drug-likeness (QED) is 0.385. The lowest BCUT2D eigenvalue weighted by Gasteiger charge is -2.64. The van der Waals surface area contributed by atoms with Gasteiger partial charge in [0, 0.05) is 0 Å². The summed E-state index contributed by atoms with van der Waals surface area (Å²) >= 11 is 0. The van der Waals surface area contributed by atoms with E-state index in [4.69, 9.17) is 0 Å². The molecular weight excluding hydrogens is 460 g/mol. The van der Waals surface area contributed by atoms with Crippen LogP contribution >= 0.6 is 0 Å². The van der Waals surface area contributed by atoms with Gasteiger partial charge in [0.05, 0.1) is 17.8 Å².